The van der Waals surface area contributed by atoms with Crippen LogP contribution in [-0.2, 0) is 19.2 Å². The number of anilines is 1. The van der Waals surface area contributed by atoms with E-state index in [-0.39, 0.29) is 40.6 Å². The number of allylic oxidation sites excluding steroid dienone is 2. The van der Waals surface area contributed by atoms with Crippen LogP contribution in [0.25, 0.3) is 0 Å². The van der Waals surface area contributed by atoms with Crippen molar-refractivity contribution < 1.29 is 38.9 Å². The molecule has 0 aromatic heterocycles. The number of nitrogens with zero attached hydrogens (tertiary/aromatic N) is 2. The summed E-state index contributed by atoms with van der Waals surface area (Å²) >= 11 is 20.6. The summed E-state index contributed by atoms with van der Waals surface area (Å²) in [5.74, 6) is -7.77. The molecule has 2 aromatic rings. The largest absolute Gasteiger partial charge is 0.503 e. The maximum absolute atomic E-state index is 14.0. The number of alkyl halides is 2. The minimum Gasteiger partial charge on any atom is -0.503 e. The summed E-state index contributed by atoms with van der Waals surface area (Å²) in [6, 6.07) is 8.37. The highest BCUT2D eigenvalue weighted by atomic mass is 35.5. The van der Waals surface area contributed by atoms with Crippen LogP contribution in [0.1, 0.15) is 34.7 Å². The van der Waals surface area contributed by atoms with Gasteiger partial charge in [0, 0.05) is 13.0 Å². The molecule has 4 aliphatic rings. The molecule has 2 heterocycles. The van der Waals surface area contributed by atoms with E-state index in [1.54, 1.807) is 6.08 Å². The van der Waals surface area contributed by atoms with Gasteiger partial charge in [-0.1, -0.05) is 29.3 Å². The molecule has 4 amide bonds. The number of amides is 4. The van der Waals surface area contributed by atoms with E-state index in [1.165, 1.54) is 50.6 Å². The van der Waals surface area contributed by atoms with Crippen molar-refractivity contribution in [3.05, 3.63) is 64.2 Å². The number of carboxylic acid groups (broad SMARTS) is 1. The molecule has 1 saturated carbocycles. The van der Waals surface area contributed by atoms with Gasteiger partial charge < -0.3 is 14.9 Å². The lowest BCUT2D eigenvalue weighted by molar-refractivity contribution is -0.138. The van der Waals surface area contributed by atoms with Crippen LogP contribution in [0.2, 0.25) is 5.02 Å². The molecular formula is C29H23Cl3N2O8. The molecule has 13 heteroatoms. The number of carbonyl (C=O) groups is 5. The van der Waals surface area contributed by atoms with Gasteiger partial charge in [0.15, 0.2) is 21.2 Å². The number of halogens is 3. The third kappa shape index (κ3) is 3.55. The van der Waals surface area contributed by atoms with Gasteiger partial charge in [-0.15, -0.1) is 23.2 Å². The number of carbonyl (C=O) groups excluding carboxylic acids is 4. The van der Waals surface area contributed by atoms with Gasteiger partial charge in [0.05, 0.1) is 35.2 Å². The minimum atomic E-state index is -2.03. The molecule has 2 aliphatic carbocycles. The molecule has 0 bridgehead atoms. The van der Waals surface area contributed by atoms with Crippen molar-refractivity contribution in [2.24, 2.45) is 17.8 Å². The first kappa shape index (κ1) is 28.5. The molecule has 3 fully saturated rings. The average Bonchev–Trinajstić information content (AvgIpc) is 3.29. The summed E-state index contributed by atoms with van der Waals surface area (Å²) in [6.07, 6.45) is 1.67. The lowest BCUT2D eigenvalue weighted by atomic mass is 9.56. The Kier molecular flexibility index (Phi) is 6.42. The fourth-order valence-corrected chi connectivity index (χ4v) is 8.31. The molecule has 6 rings (SSSR count). The van der Waals surface area contributed by atoms with Crippen molar-refractivity contribution in [2.45, 2.75) is 28.5 Å². The lowest BCUT2D eigenvalue weighted by Crippen LogP contribution is -2.60. The van der Waals surface area contributed by atoms with Crippen LogP contribution in [0.15, 0.2) is 48.0 Å². The zero-order valence-electron chi connectivity index (χ0n) is 22.1. The molecular weight excluding hydrogens is 611 g/mol. The summed E-state index contributed by atoms with van der Waals surface area (Å²) in [7, 11) is 2.60. The molecule has 6 atom stereocenters. The Morgan fingerprint density at radius 1 is 1.05 bits per heavy atom. The Balaban J connectivity index is 1.52. The van der Waals surface area contributed by atoms with Gasteiger partial charge in [-0.25, -0.2) is 4.79 Å². The van der Waals surface area contributed by atoms with Crippen LogP contribution in [0.5, 0.6) is 11.5 Å². The SMILES string of the molecule is COc1cc(C2C3=CCC4C(=O)N(c5cccc(C(=O)O)c5)C(=O)C4C3CC3(Cl)C(=O)N(C)C(=O)C23Cl)cc(Cl)c1O. The van der Waals surface area contributed by atoms with Crippen LogP contribution in [0, 0.1) is 17.8 Å². The van der Waals surface area contributed by atoms with E-state index in [1.807, 2.05) is 0 Å². The third-order valence-corrected chi connectivity index (χ3v) is 10.7. The number of hydrogen-bond donors (Lipinski definition) is 2. The number of likely N-dealkylation sites (tertiary alicyclic amines) is 1. The fourth-order valence-electron chi connectivity index (χ4n) is 7.07. The Hall–Kier alpha value is -3.60. The molecule has 42 heavy (non-hydrogen) atoms. The highest BCUT2D eigenvalue weighted by molar-refractivity contribution is 6.53. The van der Waals surface area contributed by atoms with E-state index in [4.69, 9.17) is 39.5 Å². The van der Waals surface area contributed by atoms with Crippen molar-refractivity contribution in [1.82, 2.24) is 4.90 Å². The summed E-state index contributed by atoms with van der Waals surface area (Å²) in [4.78, 5) is 64.3. The first-order valence-corrected chi connectivity index (χ1v) is 14.1. The number of benzene rings is 2. The number of fused-ring (bicyclic) bond motifs is 4. The molecule has 10 nitrogen and oxygen atoms in total. The monoisotopic (exact) mass is 632 g/mol. The second-order valence-corrected chi connectivity index (χ2v) is 12.6. The second kappa shape index (κ2) is 9.45. The lowest BCUT2D eigenvalue weighted by Gasteiger charge is -2.50. The molecule has 0 radical (unpaired) electrons. The maximum Gasteiger partial charge on any atom is 0.335 e. The molecule has 0 spiro atoms. The highest BCUT2D eigenvalue weighted by Gasteiger charge is 2.76. The number of rotatable bonds is 4. The average molecular weight is 634 g/mol. The van der Waals surface area contributed by atoms with Gasteiger partial charge in [-0.3, -0.25) is 29.0 Å². The Bertz CT molecular complexity index is 1660. The van der Waals surface area contributed by atoms with Crippen molar-refractivity contribution in [3.8, 4) is 11.5 Å². The van der Waals surface area contributed by atoms with E-state index in [0.717, 1.165) is 9.80 Å². The van der Waals surface area contributed by atoms with Crippen LogP contribution in [0.3, 0.4) is 0 Å². The normalized spacial score (nSPS) is 32.0. The van der Waals surface area contributed by atoms with Crippen molar-refractivity contribution >= 4 is 70.1 Å². The second-order valence-electron chi connectivity index (χ2n) is 10.9. The zero-order valence-corrected chi connectivity index (χ0v) is 24.4. The number of phenolic OH excluding ortho intramolecular Hbond substituents is 1. The van der Waals surface area contributed by atoms with Gasteiger partial charge in [0.2, 0.25) is 11.8 Å². The van der Waals surface area contributed by atoms with Gasteiger partial charge in [0.1, 0.15) is 0 Å². The van der Waals surface area contributed by atoms with E-state index in [2.05, 4.69) is 0 Å². The van der Waals surface area contributed by atoms with Crippen molar-refractivity contribution in [2.75, 3.05) is 19.1 Å². The van der Waals surface area contributed by atoms with Crippen LogP contribution in [0.4, 0.5) is 5.69 Å². The van der Waals surface area contributed by atoms with E-state index in [0.29, 0.717) is 11.1 Å². The Morgan fingerprint density at radius 3 is 2.43 bits per heavy atom. The summed E-state index contributed by atoms with van der Waals surface area (Å²) in [5, 5.41) is 19.7. The summed E-state index contributed by atoms with van der Waals surface area (Å²) in [5.41, 5.74) is 0.873. The summed E-state index contributed by atoms with van der Waals surface area (Å²) in [6.45, 7) is 0. The van der Waals surface area contributed by atoms with Crippen LogP contribution < -0.4 is 9.64 Å². The first-order chi connectivity index (χ1) is 19.8. The molecule has 2 aliphatic heterocycles. The molecule has 2 aromatic carbocycles. The number of carboxylic acids is 1. The molecule has 2 saturated heterocycles. The molecule has 218 valence electrons. The van der Waals surface area contributed by atoms with Gasteiger partial charge in [0.25, 0.3) is 11.8 Å². The van der Waals surface area contributed by atoms with Crippen molar-refractivity contribution in [3.63, 3.8) is 0 Å². The van der Waals surface area contributed by atoms with E-state index < -0.39 is 63.0 Å². The minimum absolute atomic E-state index is 0.00363. The molecule has 6 unspecified atom stereocenters. The smallest absolute Gasteiger partial charge is 0.335 e. The maximum atomic E-state index is 14.0. The number of ether oxygens (including phenoxy) is 1. The molecule has 2 N–H and O–H groups in total. The number of aromatic carboxylic acids is 1. The number of phenols is 1. The number of hydrogen-bond acceptors (Lipinski definition) is 7. The number of methoxy groups -OCH3 is 1. The summed E-state index contributed by atoms with van der Waals surface area (Å²) < 4.78 is 5.28. The number of imide groups is 2. The van der Waals surface area contributed by atoms with Crippen molar-refractivity contribution in [1.29, 1.82) is 0 Å². The quantitative estimate of drug-likeness (QED) is 0.293. The standard InChI is InChI=1S/C29H23Cl3N2O8/c1-33-26(40)28(31)11-17-15(21(29(28,32)27(33)41)13-9-18(30)22(35)19(10-13)42-2)6-7-16-20(17)24(37)34(23(16)36)14-5-3-4-12(8-14)25(38)39/h3-6,8-10,16-17,20-21,35H,7,11H2,1-2H3,(H,38,39). The van der Waals surface area contributed by atoms with Crippen LogP contribution >= 0.6 is 34.8 Å². The van der Waals surface area contributed by atoms with Crippen LogP contribution in [-0.4, -0.2) is 68.6 Å². The van der Waals surface area contributed by atoms with E-state index >= 15 is 0 Å². The predicted octanol–water partition coefficient (Wildman–Crippen LogP) is 3.95. The van der Waals surface area contributed by atoms with Gasteiger partial charge in [-0.2, -0.15) is 0 Å². The number of aromatic hydroxyl groups is 1. The Morgan fingerprint density at radius 2 is 1.76 bits per heavy atom. The topological polar surface area (TPSA) is 142 Å². The Labute approximate surface area is 254 Å². The van der Waals surface area contributed by atoms with Gasteiger partial charge >= 0.3 is 5.97 Å². The van der Waals surface area contributed by atoms with Gasteiger partial charge in [-0.05, 0) is 54.7 Å². The highest BCUT2D eigenvalue weighted by Crippen LogP contribution is 2.65. The van der Waals surface area contributed by atoms with E-state index in [9.17, 15) is 34.2 Å². The fraction of sp³-hybridized carbons (Fsp3) is 0.345. The predicted molar refractivity (Wildman–Crippen MR) is 151 cm³/mol. The zero-order chi connectivity index (χ0) is 30.5. The third-order valence-electron chi connectivity index (χ3n) is 8.97. The first-order valence-electron chi connectivity index (χ1n) is 13.0.